The van der Waals surface area contributed by atoms with E-state index < -0.39 is 10.0 Å². The van der Waals surface area contributed by atoms with Crippen LogP contribution in [0.2, 0.25) is 0 Å². The van der Waals surface area contributed by atoms with Gasteiger partial charge in [-0.15, -0.1) is 0 Å². The first-order valence-corrected chi connectivity index (χ1v) is 14.6. The van der Waals surface area contributed by atoms with E-state index in [1.54, 1.807) is 9.58 Å². The molecule has 0 unspecified atom stereocenters. The first-order chi connectivity index (χ1) is 18.7. The van der Waals surface area contributed by atoms with Gasteiger partial charge in [-0.3, -0.25) is 4.79 Å². The molecular weight excluding hydrogens is 520 g/mol. The molecule has 0 atom stereocenters. The molecule has 2 aromatic heterocycles. The molecular formula is C26H32N8O4S. The largest absolute Gasteiger partial charge is 0.394 e. The minimum Gasteiger partial charge on any atom is -0.394 e. The molecule has 1 aromatic carbocycles. The Bertz CT molecular complexity index is 1490. The van der Waals surface area contributed by atoms with Crippen LogP contribution in [-0.4, -0.2) is 102 Å². The summed E-state index contributed by atoms with van der Waals surface area (Å²) in [6.45, 7) is 5.54. The predicted molar refractivity (Wildman–Crippen MR) is 148 cm³/mol. The standard InChI is InChI=1S/C26H32N8O4S/c1-19-4-3-5-20(16-19)22-6-7-34(30-22)25-18-24(31-12-14-38-15-13-31)28-23(29-25)17-21(27)26(35)32-8-10-33(11-9-32)39(2,36)37/h3-7,16-18H,8-15,27H2,1-2H3. The molecule has 0 spiro atoms. The number of piperazine rings is 1. The van der Waals surface area contributed by atoms with E-state index in [-0.39, 0.29) is 43.6 Å². The summed E-state index contributed by atoms with van der Waals surface area (Å²) in [5.41, 5.74) is 9.15. The molecule has 39 heavy (non-hydrogen) atoms. The molecule has 12 nitrogen and oxygen atoms in total. The molecule has 3 aromatic rings. The number of sulfonamides is 1. The van der Waals surface area contributed by atoms with E-state index in [1.165, 1.54) is 16.6 Å². The molecule has 2 fully saturated rings. The van der Waals surface area contributed by atoms with Gasteiger partial charge in [-0.1, -0.05) is 23.8 Å². The maximum Gasteiger partial charge on any atom is 0.269 e. The molecule has 2 aliphatic rings. The number of rotatable bonds is 6. The van der Waals surface area contributed by atoms with Crippen LogP contribution in [0.1, 0.15) is 11.4 Å². The lowest BCUT2D eigenvalue weighted by Gasteiger charge is -2.33. The van der Waals surface area contributed by atoms with E-state index >= 15 is 0 Å². The molecule has 0 saturated carbocycles. The van der Waals surface area contributed by atoms with Gasteiger partial charge >= 0.3 is 0 Å². The monoisotopic (exact) mass is 552 g/mol. The Morgan fingerprint density at radius 3 is 2.41 bits per heavy atom. The molecule has 2 saturated heterocycles. The minimum absolute atomic E-state index is 0.0196. The third kappa shape index (κ3) is 6.27. The number of anilines is 1. The van der Waals surface area contributed by atoms with Crippen molar-refractivity contribution in [2.45, 2.75) is 6.92 Å². The van der Waals surface area contributed by atoms with E-state index in [0.29, 0.717) is 37.9 Å². The number of nitrogens with zero attached hydrogens (tertiary/aromatic N) is 7. The van der Waals surface area contributed by atoms with Gasteiger partial charge in [0.1, 0.15) is 11.5 Å². The zero-order valence-electron chi connectivity index (χ0n) is 22.0. The number of ether oxygens (including phenoxy) is 1. The maximum absolute atomic E-state index is 13.1. The first-order valence-electron chi connectivity index (χ1n) is 12.7. The lowest BCUT2D eigenvalue weighted by atomic mass is 10.1. The average Bonchev–Trinajstić information content (AvgIpc) is 3.43. The Hall–Kier alpha value is -3.81. The van der Waals surface area contributed by atoms with Crippen molar-refractivity contribution in [1.29, 1.82) is 0 Å². The number of benzene rings is 1. The average molecular weight is 553 g/mol. The lowest BCUT2D eigenvalue weighted by Crippen LogP contribution is -2.51. The van der Waals surface area contributed by atoms with Crippen LogP contribution in [-0.2, 0) is 19.6 Å². The summed E-state index contributed by atoms with van der Waals surface area (Å²) < 4.78 is 32.1. The zero-order valence-corrected chi connectivity index (χ0v) is 22.8. The molecule has 2 N–H and O–H groups in total. The third-order valence-corrected chi connectivity index (χ3v) is 8.02. The number of aromatic nitrogens is 4. The molecule has 0 aliphatic carbocycles. The van der Waals surface area contributed by atoms with Gasteiger partial charge in [0.2, 0.25) is 10.0 Å². The van der Waals surface area contributed by atoms with Gasteiger partial charge in [-0.05, 0) is 19.1 Å². The number of hydrogen-bond donors (Lipinski definition) is 1. The highest BCUT2D eigenvalue weighted by Crippen LogP contribution is 2.22. The highest BCUT2D eigenvalue weighted by Gasteiger charge is 2.27. The number of aryl methyl sites for hydroxylation is 1. The van der Waals surface area contributed by atoms with Crippen LogP contribution in [0.15, 0.2) is 48.3 Å². The summed E-state index contributed by atoms with van der Waals surface area (Å²) in [6, 6.07) is 11.9. The third-order valence-electron chi connectivity index (χ3n) is 6.72. The van der Waals surface area contributed by atoms with E-state index in [9.17, 15) is 13.2 Å². The molecule has 5 rings (SSSR count). The van der Waals surface area contributed by atoms with Crippen LogP contribution in [0.25, 0.3) is 23.2 Å². The summed E-state index contributed by atoms with van der Waals surface area (Å²) >= 11 is 0. The number of carbonyl (C=O) groups is 1. The summed E-state index contributed by atoms with van der Waals surface area (Å²) in [4.78, 5) is 26.0. The fraction of sp³-hybridized carbons (Fsp3) is 0.385. The topological polar surface area (TPSA) is 140 Å². The quantitative estimate of drug-likeness (QED) is 0.441. The molecule has 4 heterocycles. The number of amides is 1. The van der Waals surface area contributed by atoms with Gasteiger partial charge in [0.15, 0.2) is 11.6 Å². The number of carbonyl (C=O) groups excluding carboxylic acids is 1. The minimum atomic E-state index is -3.30. The number of hydrogen-bond acceptors (Lipinski definition) is 9. The smallest absolute Gasteiger partial charge is 0.269 e. The highest BCUT2D eigenvalue weighted by molar-refractivity contribution is 7.88. The second-order valence-corrected chi connectivity index (χ2v) is 11.6. The SMILES string of the molecule is Cc1cccc(-c2ccn(-c3cc(N4CCOCC4)nc(C=C(N)C(=O)N4CCN(S(C)(=O)=O)CC4)n3)n2)c1. The van der Waals surface area contributed by atoms with Crippen molar-refractivity contribution in [2.24, 2.45) is 5.73 Å². The Labute approximate surface area is 227 Å². The van der Waals surface area contributed by atoms with Crippen LogP contribution in [0.3, 0.4) is 0 Å². The van der Waals surface area contributed by atoms with E-state index in [1.807, 2.05) is 43.5 Å². The molecule has 0 radical (unpaired) electrons. The Balaban J connectivity index is 1.43. The molecule has 206 valence electrons. The molecule has 0 bridgehead atoms. The molecule has 13 heteroatoms. The summed E-state index contributed by atoms with van der Waals surface area (Å²) in [5.74, 6) is 1.12. The van der Waals surface area contributed by atoms with Crippen LogP contribution >= 0.6 is 0 Å². The van der Waals surface area contributed by atoms with E-state index in [4.69, 9.17) is 15.6 Å². The van der Waals surface area contributed by atoms with Crippen molar-refractivity contribution in [3.8, 4) is 17.1 Å². The van der Waals surface area contributed by atoms with Crippen LogP contribution in [0.5, 0.6) is 0 Å². The van der Waals surface area contributed by atoms with Crippen molar-refractivity contribution < 1.29 is 17.9 Å². The summed E-state index contributed by atoms with van der Waals surface area (Å²) in [5, 5.41) is 4.74. The second-order valence-electron chi connectivity index (χ2n) is 9.61. The lowest BCUT2D eigenvalue weighted by molar-refractivity contribution is -0.128. The van der Waals surface area contributed by atoms with Gasteiger partial charge in [-0.25, -0.2) is 23.1 Å². The van der Waals surface area contributed by atoms with Gasteiger partial charge in [0.25, 0.3) is 5.91 Å². The van der Waals surface area contributed by atoms with E-state index in [0.717, 1.165) is 16.8 Å². The van der Waals surface area contributed by atoms with Gasteiger partial charge < -0.3 is 20.3 Å². The molecule has 1 amide bonds. The number of morpholine rings is 1. The van der Waals surface area contributed by atoms with Crippen molar-refractivity contribution in [2.75, 3.05) is 63.6 Å². The molecule has 2 aliphatic heterocycles. The first kappa shape index (κ1) is 26.8. The Morgan fingerprint density at radius 2 is 1.72 bits per heavy atom. The fourth-order valence-corrected chi connectivity index (χ4v) is 5.42. The normalized spacial score (nSPS) is 17.4. The summed E-state index contributed by atoms with van der Waals surface area (Å²) in [7, 11) is -3.30. The fourth-order valence-electron chi connectivity index (χ4n) is 4.59. The summed E-state index contributed by atoms with van der Waals surface area (Å²) in [6.07, 6.45) is 4.47. The zero-order chi connectivity index (χ0) is 27.6. The Kier molecular flexibility index (Phi) is 7.64. The highest BCUT2D eigenvalue weighted by atomic mass is 32.2. The second kappa shape index (κ2) is 11.1. The van der Waals surface area contributed by atoms with Crippen molar-refractivity contribution in [3.63, 3.8) is 0 Å². The van der Waals surface area contributed by atoms with Crippen LogP contribution in [0.4, 0.5) is 5.82 Å². The maximum atomic E-state index is 13.1. The van der Waals surface area contributed by atoms with Crippen LogP contribution < -0.4 is 10.6 Å². The van der Waals surface area contributed by atoms with Crippen molar-refractivity contribution in [1.82, 2.24) is 29.0 Å². The van der Waals surface area contributed by atoms with Crippen molar-refractivity contribution in [3.05, 3.63) is 59.7 Å². The Morgan fingerprint density at radius 1 is 1.00 bits per heavy atom. The van der Waals surface area contributed by atoms with Gasteiger partial charge in [0.05, 0.1) is 25.2 Å². The van der Waals surface area contributed by atoms with Gasteiger partial charge in [0, 0.05) is 63.2 Å². The number of nitrogens with two attached hydrogens (primary N) is 1. The van der Waals surface area contributed by atoms with E-state index in [2.05, 4.69) is 20.9 Å². The van der Waals surface area contributed by atoms with Gasteiger partial charge in [-0.2, -0.15) is 9.40 Å². The van der Waals surface area contributed by atoms with Crippen molar-refractivity contribution >= 4 is 27.8 Å². The predicted octanol–water partition coefficient (Wildman–Crippen LogP) is 0.878. The van der Waals surface area contributed by atoms with Crippen LogP contribution in [0, 0.1) is 6.92 Å².